The Balaban J connectivity index is 1.24. The number of quaternary nitrogens is 1. The van der Waals surface area contributed by atoms with Crippen LogP contribution < -0.4 is 42.3 Å². The largest absolute Gasteiger partial charge is 0.595 e. The average molecular weight is 864 g/mol. The van der Waals surface area contributed by atoms with Gasteiger partial charge < -0.3 is 57.2 Å². The molecule has 1 unspecified atom stereocenters. The number of phenolic OH excluding ortho intramolecular Hbond substituents is 1. The zero-order valence-corrected chi connectivity index (χ0v) is 33.6. The highest BCUT2D eigenvalue weighted by molar-refractivity contribution is 6.10. The van der Waals surface area contributed by atoms with Gasteiger partial charge in [-0.3, -0.25) is 28.8 Å². The highest BCUT2D eigenvalue weighted by Crippen LogP contribution is 2.39. The molecule has 0 fully saturated rings. The predicted molar refractivity (Wildman–Crippen MR) is 226 cm³/mol. The van der Waals surface area contributed by atoms with Gasteiger partial charge in [0.1, 0.15) is 6.04 Å². The number of carbonyl (C=O) groups is 7. The van der Waals surface area contributed by atoms with Crippen molar-refractivity contribution in [1.29, 1.82) is 0 Å². The molecule has 63 heavy (non-hydrogen) atoms. The van der Waals surface area contributed by atoms with E-state index >= 15 is 0 Å². The first-order chi connectivity index (χ1) is 29.9. The quantitative estimate of drug-likeness (QED) is 0.0601. The number of benzene rings is 5. The number of carboxylic acid groups (broad SMARTS) is 1. The van der Waals surface area contributed by atoms with Crippen LogP contribution in [0, 0.1) is 5.21 Å². The van der Waals surface area contributed by atoms with Crippen molar-refractivity contribution in [2.75, 3.05) is 28.4 Å². The van der Waals surface area contributed by atoms with Crippen LogP contribution in [0.4, 0.5) is 28.4 Å². The number of aromatic carboxylic acids is 1. The van der Waals surface area contributed by atoms with Gasteiger partial charge in [0.25, 0.3) is 23.6 Å². The summed E-state index contributed by atoms with van der Waals surface area (Å²) in [4.78, 5) is 89.3. The third-order valence-electron chi connectivity index (χ3n) is 8.99. The van der Waals surface area contributed by atoms with E-state index in [9.17, 15) is 43.9 Å². The summed E-state index contributed by atoms with van der Waals surface area (Å²) in [6, 6.07) is 22.5. The monoisotopic (exact) mass is 863 g/mol. The molecule has 0 heterocycles. The molecule has 5 aromatic rings. The molecule has 20 heteroatoms. The molecule has 0 bridgehead atoms. The van der Waals surface area contributed by atoms with E-state index in [1.807, 2.05) is 0 Å². The fourth-order valence-corrected chi connectivity index (χ4v) is 5.81. The van der Waals surface area contributed by atoms with E-state index in [2.05, 4.69) is 26.6 Å². The lowest BCUT2D eigenvalue weighted by Crippen LogP contribution is -2.99. The number of anilines is 4. The Labute approximate surface area is 358 Å². The zero-order valence-electron chi connectivity index (χ0n) is 33.6. The van der Waals surface area contributed by atoms with Gasteiger partial charge >= 0.3 is 5.97 Å². The number of phenols is 1. The minimum absolute atomic E-state index is 0.00696. The summed E-state index contributed by atoms with van der Waals surface area (Å²) in [6.45, 7) is 3.33. The number of aromatic hydroxyl groups is 1. The first kappa shape index (κ1) is 45.9. The lowest BCUT2D eigenvalue weighted by atomic mass is 10.1. The van der Waals surface area contributed by atoms with Gasteiger partial charge in [-0.05, 0) is 111 Å². The maximum absolute atomic E-state index is 13.5. The van der Waals surface area contributed by atoms with Crippen molar-refractivity contribution in [3.05, 3.63) is 142 Å². The SMILES string of the molecule is CO[C@@H](C(N)=O)[C@H](NC(=O)c1ccc(NC(=O)c2ccc([NH+]([O-])O)cc2)cc1)C(=O)Nc1ccc(C(=O)Nc2ccc(C(=O)Nc3ccc(C(=O)O)cc3)c(O)c2OC(C)C)cc1. The van der Waals surface area contributed by atoms with Crippen molar-refractivity contribution < 1.29 is 63.7 Å². The molecule has 0 aliphatic carbocycles. The van der Waals surface area contributed by atoms with Gasteiger partial charge in [0.2, 0.25) is 11.8 Å². The number of carbonyl (C=O) groups excluding carboxylic acids is 6. The number of primary amides is 1. The maximum Gasteiger partial charge on any atom is 0.335 e. The van der Waals surface area contributed by atoms with E-state index in [-0.39, 0.29) is 56.3 Å². The van der Waals surface area contributed by atoms with Crippen LogP contribution in [-0.4, -0.2) is 82.2 Å². The number of carboxylic acids is 1. The Bertz CT molecular complexity index is 2510. The molecule has 0 aliphatic rings. The number of nitrogens with two attached hydrogens (primary N) is 1. The second kappa shape index (κ2) is 20.4. The van der Waals surface area contributed by atoms with Gasteiger partial charge in [0, 0.05) is 53.0 Å². The van der Waals surface area contributed by atoms with Gasteiger partial charge in [-0.25, -0.2) is 10.0 Å². The normalized spacial score (nSPS) is 12.2. The highest BCUT2D eigenvalue weighted by Gasteiger charge is 2.34. The molecular weight excluding hydrogens is 823 g/mol. The number of rotatable bonds is 17. The van der Waals surface area contributed by atoms with E-state index in [0.717, 1.165) is 7.11 Å². The summed E-state index contributed by atoms with van der Waals surface area (Å²) in [5.74, 6) is -6.64. The van der Waals surface area contributed by atoms with E-state index in [1.165, 1.54) is 109 Å². The van der Waals surface area contributed by atoms with Gasteiger partial charge in [0.15, 0.2) is 23.3 Å². The van der Waals surface area contributed by atoms with Crippen LogP contribution in [0.2, 0.25) is 0 Å². The third-order valence-corrected chi connectivity index (χ3v) is 8.99. The van der Waals surface area contributed by atoms with E-state index < -0.39 is 70.6 Å². The standard InChI is InChI=1S/C43H41N7O13/c1-22(2)63-35-32(21-20-31(34(35)51)41(56)46-28-16-8-26(9-17-28)43(58)59)48-39(54)23-4-14-29(15-5-23)47-42(57)33(36(62-3)37(44)52)49-40(55)24-6-12-27(13-7-24)45-38(53)25-10-18-30(19-11-25)50(60)61/h4-22,33,36,50-51,60H,1-3H3,(H2,44,52)(H,45,53)(H,46,56)(H,47,57)(H,48,54)(H,49,55)(H,58,59)/t33-,36+/m0/s1. The van der Waals surface area contributed by atoms with Crippen LogP contribution in [0.5, 0.6) is 11.5 Å². The Morgan fingerprint density at radius 1 is 0.635 bits per heavy atom. The molecule has 0 saturated carbocycles. The number of ether oxygens (including phenoxy) is 2. The second-order valence-corrected chi connectivity index (χ2v) is 13.8. The molecule has 0 aromatic heterocycles. The third kappa shape index (κ3) is 11.8. The first-order valence-electron chi connectivity index (χ1n) is 18.7. The second-order valence-electron chi connectivity index (χ2n) is 13.8. The number of hydrogen-bond acceptors (Lipinski definition) is 12. The lowest BCUT2D eigenvalue weighted by molar-refractivity contribution is -0.991. The molecule has 5 rings (SSSR count). The number of amides is 6. The summed E-state index contributed by atoms with van der Waals surface area (Å²) in [5, 5.41) is 52.0. The van der Waals surface area contributed by atoms with Crippen LogP contribution in [0.1, 0.15) is 65.6 Å². The number of methoxy groups -OCH3 is 1. The molecule has 326 valence electrons. The first-order valence-corrected chi connectivity index (χ1v) is 18.7. The summed E-state index contributed by atoms with van der Waals surface area (Å²) in [6.07, 6.45) is -2.12. The smallest absolute Gasteiger partial charge is 0.335 e. The highest BCUT2D eigenvalue weighted by atomic mass is 16.8. The molecule has 0 radical (unpaired) electrons. The van der Waals surface area contributed by atoms with Crippen LogP contribution in [0.3, 0.4) is 0 Å². The topological polar surface area (TPSA) is 312 Å². The minimum atomic E-state index is -1.65. The fourth-order valence-electron chi connectivity index (χ4n) is 5.81. The molecule has 11 N–H and O–H groups in total. The van der Waals surface area contributed by atoms with E-state index in [0.29, 0.717) is 5.69 Å². The molecule has 0 saturated heterocycles. The van der Waals surface area contributed by atoms with Crippen LogP contribution in [0.25, 0.3) is 0 Å². The number of hydrogen-bond donors (Lipinski definition) is 10. The Morgan fingerprint density at radius 3 is 1.57 bits per heavy atom. The van der Waals surface area contributed by atoms with Crippen LogP contribution in [-0.2, 0) is 14.3 Å². The van der Waals surface area contributed by atoms with Gasteiger partial charge in [-0.2, -0.15) is 5.23 Å². The van der Waals surface area contributed by atoms with Gasteiger partial charge in [0.05, 0.1) is 22.9 Å². The average Bonchev–Trinajstić information content (AvgIpc) is 3.25. The zero-order chi connectivity index (χ0) is 46.0. The molecule has 0 spiro atoms. The molecular formula is C43H41N7O13. The van der Waals surface area contributed by atoms with Crippen molar-refractivity contribution >= 4 is 69.8 Å². The summed E-state index contributed by atoms with van der Waals surface area (Å²) >= 11 is 0. The molecule has 0 aliphatic heterocycles. The van der Waals surface area contributed by atoms with Crippen molar-refractivity contribution in [2.45, 2.75) is 32.1 Å². The van der Waals surface area contributed by atoms with E-state index in [4.69, 9.17) is 25.5 Å². The van der Waals surface area contributed by atoms with Gasteiger partial charge in [-0.15, -0.1) is 0 Å². The fraction of sp³-hybridized carbons (Fsp3) is 0.140. The number of nitrogens with one attached hydrogen (secondary N) is 6. The lowest BCUT2D eigenvalue weighted by Gasteiger charge is -2.24. The Kier molecular flexibility index (Phi) is 14.9. The summed E-state index contributed by atoms with van der Waals surface area (Å²) in [7, 11) is 1.12. The molecule has 6 amide bonds. The van der Waals surface area contributed by atoms with Crippen LogP contribution >= 0.6 is 0 Å². The Hall–Kier alpha value is -8.17. The van der Waals surface area contributed by atoms with Crippen molar-refractivity contribution in [3.63, 3.8) is 0 Å². The van der Waals surface area contributed by atoms with Crippen molar-refractivity contribution in [3.8, 4) is 11.5 Å². The van der Waals surface area contributed by atoms with Crippen molar-refractivity contribution in [1.82, 2.24) is 5.32 Å². The maximum atomic E-state index is 13.5. The Morgan fingerprint density at radius 2 is 1.10 bits per heavy atom. The van der Waals surface area contributed by atoms with Gasteiger partial charge in [-0.1, -0.05) is 0 Å². The summed E-state index contributed by atoms with van der Waals surface area (Å²) in [5.41, 5.74) is 6.33. The predicted octanol–water partition coefficient (Wildman–Crippen LogP) is 3.28. The minimum Gasteiger partial charge on any atom is -0.595 e. The summed E-state index contributed by atoms with van der Waals surface area (Å²) < 4.78 is 10.9. The van der Waals surface area contributed by atoms with Crippen LogP contribution in [0.15, 0.2) is 109 Å². The molecule has 20 nitrogen and oxygen atoms in total. The molecule has 3 atom stereocenters. The van der Waals surface area contributed by atoms with Crippen molar-refractivity contribution in [2.24, 2.45) is 5.73 Å². The molecule has 5 aromatic carbocycles. The van der Waals surface area contributed by atoms with E-state index in [1.54, 1.807) is 13.8 Å².